The number of amides is 1. The lowest BCUT2D eigenvalue weighted by molar-refractivity contribution is 0.0935. The molecule has 1 unspecified atom stereocenters. The van der Waals surface area contributed by atoms with Gasteiger partial charge < -0.3 is 14.6 Å². The van der Waals surface area contributed by atoms with E-state index in [1.807, 2.05) is 44.2 Å². The summed E-state index contributed by atoms with van der Waals surface area (Å²) in [4.78, 5) is 15.1. The molecule has 6 heteroatoms. The molecule has 0 aliphatic rings. The van der Waals surface area contributed by atoms with Crippen molar-refractivity contribution in [2.45, 2.75) is 40.3 Å². The number of nitrogens with zero attached hydrogens (tertiary/aromatic N) is 2. The van der Waals surface area contributed by atoms with Crippen molar-refractivity contribution in [2.75, 3.05) is 19.6 Å². The second-order valence-corrected chi connectivity index (χ2v) is 7.47. The molecule has 0 saturated heterocycles. The summed E-state index contributed by atoms with van der Waals surface area (Å²) in [5, 5.41) is 7.03. The third kappa shape index (κ3) is 5.73. The standard InChI is InChI=1S/C25H31N3O3/c1-5-28(6-2)24(20-10-8-7-9-11-20)16-26-25(29)21-12-14-22(15-13-21)30-17-23-18(3)27-31-19(23)4/h7-15,24H,5-6,16-17H2,1-4H3,(H,26,29). The average Bonchev–Trinajstić information content (AvgIpc) is 3.13. The summed E-state index contributed by atoms with van der Waals surface area (Å²) in [5.41, 5.74) is 3.59. The highest BCUT2D eigenvalue weighted by atomic mass is 16.5. The largest absolute Gasteiger partial charge is 0.489 e. The van der Waals surface area contributed by atoms with Crippen LogP contribution in [-0.4, -0.2) is 35.6 Å². The Balaban J connectivity index is 1.60. The van der Waals surface area contributed by atoms with Crippen molar-refractivity contribution in [1.29, 1.82) is 0 Å². The number of hydrogen-bond donors (Lipinski definition) is 1. The summed E-state index contributed by atoms with van der Waals surface area (Å²) < 4.78 is 11.0. The number of carbonyl (C=O) groups excluding carboxylic acids is 1. The number of rotatable bonds is 10. The molecule has 164 valence electrons. The molecular weight excluding hydrogens is 390 g/mol. The molecule has 0 saturated carbocycles. The summed E-state index contributed by atoms with van der Waals surface area (Å²) in [7, 11) is 0. The van der Waals surface area contributed by atoms with E-state index < -0.39 is 0 Å². The van der Waals surface area contributed by atoms with Crippen LogP contribution in [0.15, 0.2) is 59.1 Å². The van der Waals surface area contributed by atoms with E-state index in [0.717, 1.165) is 30.1 Å². The number of likely N-dealkylation sites (N-methyl/N-ethyl adjacent to an activating group) is 1. The number of ether oxygens (including phenoxy) is 1. The Labute approximate surface area is 184 Å². The zero-order chi connectivity index (χ0) is 22.2. The van der Waals surface area contributed by atoms with E-state index >= 15 is 0 Å². The van der Waals surface area contributed by atoms with Gasteiger partial charge in [0.2, 0.25) is 0 Å². The van der Waals surface area contributed by atoms with Crippen LogP contribution in [0, 0.1) is 13.8 Å². The van der Waals surface area contributed by atoms with Gasteiger partial charge in [-0.05, 0) is 56.8 Å². The van der Waals surface area contributed by atoms with Crippen molar-refractivity contribution in [3.63, 3.8) is 0 Å². The first-order valence-corrected chi connectivity index (χ1v) is 10.7. The molecule has 3 aromatic rings. The average molecular weight is 422 g/mol. The predicted molar refractivity (Wildman–Crippen MR) is 121 cm³/mol. The fourth-order valence-corrected chi connectivity index (χ4v) is 3.65. The number of hydrogen-bond acceptors (Lipinski definition) is 5. The van der Waals surface area contributed by atoms with Crippen molar-refractivity contribution in [3.8, 4) is 5.75 Å². The summed E-state index contributed by atoms with van der Waals surface area (Å²) in [6.07, 6.45) is 0. The van der Waals surface area contributed by atoms with Gasteiger partial charge in [-0.2, -0.15) is 0 Å². The molecule has 31 heavy (non-hydrogen) atoms. The third-order valence-corrected chi connectivity index (χ3v) is 5.57. The summed E-state index contributed by atoms with van der Waals surface area (Å²) in [6.45, 7) is 10.8. The number of carbonyl (C=O) groups is 1. The Morgan fingerprint density at radius 3 is 2.32 bits per heavy atom. The number of benzene rings is 2. The molecule has 0 aliphatic heterocycles. The van der Waals surface area contributed by atoms with E-state index in [2.05, 4.69) is 41.4 Å². The second-order valence-electron chi connectivity index (χ2n) is 7.47. The Morgan fingerprint density at radius 2 is 1.74 bits per heavy atom. The van der Waals surface area contributed by atoms with Gasteiger partial charge in [0.05, 0.1) is 17.3 Å². The van der Waals surface area contributed by atoms with Gasteiger partial charge in [0.15, 0.2) is 0 Å². The van der Waals surface area contributed by atoms with E-state index in [9.17, 15) is 4.79 Å². The van der Waals surface area contributed by atoms with Crippen LogP contribution in [0.5, 0.6) is 5.75 Å². The maximum absolute atomic E-state index is 12.7. The van der Waals surface area contributed by atoms with Crippen LogP contribution in [0.25, 0.3) is 0 Å². The van der Waals surface area contributed by atoms with E-state index in [1.54, 1.807) is 12.1 Å². The molecule has 0 bridgehead atoms. The van der Waals surface area contributed by atoms with Gasteiger partial charge in [-0.15, -0.1) is 0 Å². The molecule has 0 spiro atoms. The fraction of sp³-hybridized carbons (Fsp3) is 0.360. The monoisotopic (exact) mass is 421 g/mol. The van der Waals surface area contributed by atoms with Crippen molar-refractivity contribution in [2.24, 2.45) is 0 Å². The molecule has 1 atom stereocenters. The molecular formula is C25H31N3O3. The van der Waals surface area contributed by atoms with Gasteiger partial charge in [0, 0.05) is 12.1 Å². The zero-order valence-electron chi connectivity index (χ0n) is 18.7. The molecule has 0 aliphatic carbocycles. The van der Waals surface area contributed by atoms with E-state index in [1.165, 1.54) is 5.56 Å². The van der Waals surface area contributed by atoms with Crippen LogP contribution >= 0.6 is 0 Å². The number of aryl methyl sites for hydroxylation is 2. The van der Waals surface area contributed by atoms with E-state index in [4.69, 9.17) is 9.26 Å². The summed E-state index contributed by atoms with van der Waals surface area (Å²) in [6, 6.07) is 17.6. The topological polar surface area (TPSA) is 67.6 Å². The molecule has 0 radical (unpaired) electrons. The molecule has 1 N–H and O–H groups in total. The third-order valence-electron chi connectivity index (χ3n) is 5.57. The van der Waals surface area contributed by atoms with Gasteiger partial charge in [-0.1, -0.05) is 49.3 Å². The fourth-order valence-electron chi connectivity index (χ4n) is 3.65. The van der Waals surface area contributed by atoms with Crippen LogP contribution in [0.2, 0.25) is 0 Å². The molecule has 2 aromatic carbocycles. The Bertz CT molecular complexity index is 944. The first kappa shape index (κ1) is 22.6. The van der Waals surface area contributed by atoms with Crippen LogP contribution < -0.4 is 10.1 Å². The normalized spacial score (nSPS) is 12.0. The van der Waals surface area contributed by atoms with Crippen molar-refractivity contribution < 1.29 is 14.1 Å². The minimum atomic E-state index is -0.0923. The molecule has 1 heterocycles. The predicted octanol–water partition coefficient (Wildman–Crippen LogP) is 4.68. The minimum Gasteiger partial charge on any atom is -0.489 e. The van der Waals surface area contributed by atoms with Crippen molar-refractivity contribution >= 4 is 5.91 Å². The van der Waals surface area contributed by atoms with Crippen LogP contribution in [-0.2, 0) is 6.61 Å². The highest BCUT2D eigenvalue weighted by Crippen LogP contribution is 2.21. The SMILES string of the molecule is CCN(CC)C(CNC(=O)c1ccc(OCc2c(C)noc2C)cc1)c1ccccc1. The zero-order valence-corrected chi connectivity index (χ0v) is 18.7. The lowest BCUT2D eigenvalue weighted by Gasteiger charge is -2.30. The van der Waals surface area contributed by atoms with Gasteiger partial charge >= 0.3 is 0 Å². The molecule has 0 fully saturated rings. The van der Waals surface area contributed by atoms with Crippen LogP contribution in [0.4, 0.5) is 0 Å². The lowest BCUT2D eigenvalue weighted by Crippen LogP contribution is -2.38. The van der Waals surface area contributed by atoms with Gasteiger partial charge in [0.25, 0.3) is 5.91 Å². The molecule has 1 aromatic heterocycles. The number of nitrogens with one attached hydrogen (secondary N) is 1. The maximum Gasteiger partial charge on any atom is 0.251 e. The van der Waals surface area contributed by atoms with E-state index in [-0.39, 0.29) is 11.9 Å². The molecule has 1 amide bonds. The maximum atomic E-state index is 12.7. The smallest absolute Gasteiger partial charge is 0.251 e. The van der Waals surface area contributed by atoms with Gasteiger partial charge in [-0.3, -0.25) is 9.69 Å². The molecule has 3 rings (SSSR count). The van der Waals surface area contributed by atoms with Crippen molar-refractivity contribution in [1.82, 2.24) is 15.4 Å². The minimum absolute atomic E-state index is 0.0923. The first-order valence-electron chi connectivity index (χ1n) is 10.7. The van der Waals surface area contributed by atoms with Crippen molar-refractivity contribution in [3.05, 3.63) is 82.7 Å². The Hall–Kier alpha value is -3.12. The number of aromatic nitrogens is 1. The van der Waals surface area contributed by atoms with Crippen LogP contribution in [0.3, 0.4) is 0 Å². The van der Waals surface area contributed by atoms with Crippen LogP contribution in [0.1, 0.15) is 52.8 Å². The Morgan fingerprint density at radius 1 is 1.06 bits per heavy atom. The summed E-state index contributed by atoms with van der Waals surface area (Å²) >= 11 is 0. The molecule has 6 nitrogen and oxygen atoms in total. The first-order chi connectivity index (χ1) is 15.0. The van der Waals surface area contributed by atoms with Gasteiger partial charge in [0.1, 0.15) is 18.1 Å². The highest BCUT2D eigenvalue weighted by Gasteiger charge is 2.19. The van der Waals surface area contributed by atoms with E-state index in [0.29, 0.717) is 24.5 Å². The van der Waals surface area contributed by atoms with Gasteiger partial charge in [-0.25, -0.2) is 0 Å². The lowest BCUT2D eigenvalue weighted by atomic mass is 10.0. The highest BCUT2D eigenvalue weighted by molar-refractivity contribution is 5.94. The summed E-state index contributed by atoms with van der Waals surface area (Å²) in [5.74, 6) is 1.36. The Kier molecular flexibility index (Phi) is 7.84. The quantitative estimate of drug-likeness (QED) is 0.515. The second kappa shape index (κ2) is 10.8.